The predicted molar refractivity (Wildman–Crippen MR) is 78.4 cm³/mol. The third kappa shape index (κ3) is 4.84. The van der Waals surface area contributed by atoms with Crippen LogP contribution in [0, 0.1) is 17.8 Å². The summed E-state index contributed by atoms with van der Waals surface area (Å²) >= 11 is 0. The van der Waals surface area contributed by atoms with E-state index >= 15 is 0 Å². The topological polar surface area (TPSA) is 72.8 Å². The molecule has 0 aromatic heterocycles. The van der Waals surface area contributed by atoms with Crippen molar-refractivity contribution in [1.82, 2.24) is 0 Å². The molecule has 1 aliphatic rings. The van der Waals surface area contributed by atoms with Gasteiger partial charge in [-0.15, -0.1) is 6.58 Å². The van der Waals surface area contributed by atoms with E-state index in [1.54, 1.807) is 19.9 Å². The van der Waals surface area contributed by atoms with Crippen LogP contribution in [0.5, 0.6) is 0 Å². The van der Waals surface area contributed by atoms with Gasteiger partial charge in [-0.3, -0.25) is 9.59 Å². The number of esters is 2. The zero-order chi connectivity index (χ0) is 15.8. The molecule has 1 saturated carbocycles. The highest BCUT2D eigenvalue weighted by Gasteiger charge is 2.43. The molecule has 0 amide bonds. The summed E-state index contributed by atoms with van der Waals surface area (Å²) in [5, 5.41) is 9.91. The van der Waals surface area contributed by atoms with Gasteiger partial charge in [0.25, 0.3) is 0 Å². The Labute approximate surface area is 126 Å². The van der Waals surface area contributed by atoms with Crippen LogP contribution in [-0.2, 0) is 19.1 Å². The van der Waals surface area contributed by atoms with Gasteiger partial charge in [0.05, 0.1) is 19.3 Å². The average Bonchev–Trinajstić information content (AvgIpc) is 2.43. The number of allylic oxidation sites excluding steroid dienone is 1. The maximum atomic E-state index is 12.2. The minimum atomic E-state index is -0.954. The highest BCUT2D eigenvalue weighted by Crippen LogP contribution is 2.38. The van der Waals surface area contributed by atoms with E-state index in [9.17, 15) is 14.7 Å². The van der Waals surface area contributed by atoms with Gasteiger partial charge < -0.3 is 14.6 Å². The molecule has 3 atom stereocenters. The van der Waals surface area contributed by atoms with Gasteiger partial charge >= 0.3 is 11.9 Å². The summed E-state index contributed by atoms with van der Waals surface area (Å²) in [4.78, 5) is 24.4. The van der Waals surface area contributed by atoms with E-state index in [-0.39, 0.29) is 25.0 Å². The number of rotatable bonds is 7. The van der Waals surface area contributed by atoms with Crippen molar-refractivity contribution in [3.8, 4) is 0 Å². The van der Waals surface area contributed by atoms with Crippen molar-refractivity contribution < 1.29 is 24.2 Å². The Bertz CT molecular complexity index is 348. The summed E-state index contributed by atoms with van der Waals surface area (Å²) < 4.78 is 10.1. The maximum absolute atomic E-state index is 12.2. The lowest BCUT2D eigenvalue weighted by atomic mass is 9.70. The number of hydrogen-bond donors (Lipinski definition) is 1. The molecular formula is C16H26O5. The molecule has 0 saturated heterocycles. The van der Waals surface area contributed by atoms with E-state index in [1.165, 1.54) is 0 Å². The molecule has 1 rings (SSSR count). The maximum Gasteiger partial charge on any atom is 0.320 e. The van der Waals surface area contributed by atoms with Gasteiger partial charge in [-0.2, -0.15) is 0 Å². The quantitative estimate of drug-likeness (QED) is 0.442. The Hall–Kier alpha value is -1.36. The Balaban J connectivity index is 2.98. The van der Waals surface area contributed by atoms with E-state index in [0.717, 1.165) is 6.42 Å². The number of hydrogen-bond acceptors (Lipinski definition) is 5. The van der Waals surface area contributed by atoms with Gasteiger partial charge in [0.15, 0.2) is 5.92 Å². The molecule has 0 aliphatic heterocycles. The van der Waals surface area contributed by atoms with Crippen molar-refractivity contribution in [2.24, 2.45) is 17.8 Å². The molecule has 1 fully saturated rings. The van der Waals surface area contributed by atoms with Gasteiger partial charge in [-0.25, -0.2) is 0 Å². The molecule has 0 aromatic rings. The molecule has 0 heterocycles. The van der Waals surface area contributed by atoms with Crippen LogP contribution in [-0.4, -0.2) is 36.4 Å². The first kappa shape index (κ1) is 17.7. The van der Waals surface area contributed by atoms with Crippen LogP contribution in [0.4, 0.5) is 0 Å². The fourth-order valence-corrected chi connectivity index (χ4v) is 3.07. The highest BCUT2D eigenvalue weighted by molar-refractivity contribution is 5.95. The van der Waals surface area contributed by atoms with Crippen LogP contribution < -0.4 is 0 Å². The molecule has 120 valence electrons. The van der Waals surface area contributed by atoms with E-state index in [2.05, 4.69) is 6.58 Å². The molecule has 3 unspecified atom stereocenters. The van der Waals surface area contributed by atoms with Crippen molar-refractivity contribution in [3.05, 3.63) is 12.7 Å². The van der Waals surface area contributed by atoms with Gasteiger partial charge in [0.2, 0.25) is 0 Å². The van der Waals surface area contributed by atoms with Gasteiger partial charge in [-0.05, 0) is 51.4 Å². The number of aliphatic hydroxyl groups is 1. The van der Waals surface area contributed by atoms with Crippen molar-refractivity contribution >= 4 is 11.9 Å². The predicted octanol–water partition coefficient (Wildman–Crippen LogP) is 2.08. The summed E-state index contributed by atoms with van der Waals surface area (Å²) in [7, 11) is 0. The third-order valence-electron chi connectivity index (χ3n) is 4.00. The number of carbonyl (C=O) groups is 2. The Morgan fingerprint density at radius 2 is 1.81 bits per heavy atom. The standard InChI is InChI=1S/C16H26O5/c1-4-7-11-8-9-12(17)10-13(11)14(15(18)20-5-2)16(19)21-6-3/h4,11-14,17H,1,5-10H2,2-3H3. The van der Waals surface area contributed by atoms with Crippen molar-refractivity contribution in [1.29, 1.82) is 0 Å². The Morgan fingerprint density at radius 3 is 2.29 bits per heavy atom. The van der Waals surface area contributed by atoms with Gasteiger partial charge in [0, 0.05) is 0 Å². The average molecular weight is 298 g/mol. The molecule has 1 aliphatic carbocycles. The molecule has 0 spiro atoms. The minimum Gasteiger partial charge on any atom is -0.465 e. The lowest BCUT2D eigenvalue weighted by Gasteiger charge is -2.36. The lowest BCUT2D eigenvalue weighted by Crippen LogP contribution is -2.42. The highest BCUT2D eigenvalue weighted by atomic mass is 16.6. The normalized spacial score (nSPS) is 25.4. The lowest BCUT2D eigenvalue weighted by molar-refractivity contribution is -0.167. The second-order valence-corrected chi connectivity index (χ2v) is 5.40. The molecule has 0 radical (unpaired) electrons. The summed E-state index contributed by atoms with van der Waals surface area (Å²) in [5.41, 5.74) is 0. The molecule has 21 heavy (non-hydrogen) atoms. The van der Waals surface area contributed by atoms with Crippen molar-refractivity contribution in [3.63, 3.8) is 0 Å². The summed E-state index contributed by atoms with van der Waals surface area (Å²) in [6.45, 7) is 7.58. The summed E-state index contributed by atoms with van der Waals surface area (Å²) in [5.74, 6) is -2.17. The molecule has 1 N–H and O–H groups in total. The minimum absolute atomic E-state index is 0.143. The largest absolute Gasteiger partial charge is 0.465 e. The number of carbonyl (C=O) groups excluding carboxylic acids is 2. The molecule has 5 heteroatoms. The van der Waals surface area contributed by atoms with Crippen molar-refractivity contribution in [2.45, 2.75) is 45.6 Å². The first-order valence-electron chi connectivity index (χ1n) is 7.67. The second kappa shape index (κ2) is 8.82. The first-order chi connectivity index (χ1) is 10.0. The van der Waals surface area contributed by atoms with Gasteiger partial charge in [0.1, 0.15) is 0 Å². The van der Waals surface area contributed by atoms with Crippen LogP contribution in [0.15, 0.2) is 12.7 Å². The van der Waals surface area contributed by atoms with Crippen LogP contribution in [0.1, 0.15) is 39.5 Å². The second-order valence-electron chi connectivity index (χ2n) is 5.40. The van der Waals surface area contributed by atoms with Gasteiger partial charge in [-0.1, -0.05) is 6.08 Å². The molecule has 0 bridgehead atoms. The summed E-state index contributed by atoms with van der Waals surface area (Å²) in [6.07, 6.45) is 3.90. The third-order valence-corrected chi connectivity index (χ3v) is 4.00. The molecule has 0 aromatic carbocycles. The van der Waals surface area contributed by atoms with Crippen molar-refractivity contribution in [2.75, 3.05) is 13.2 Å². The number of ether oxygens (including phenoxy) is 2. The van der Waals surface area contributed by atoms with E-state index < -0.39 is 24.0 Å². The van der Waals surface area contributed by atoms with Crippen LogP contribution in [0.2, 0.25) is 0 Å². The molecule has 5 nitrogen and oxygen atoms in total. The smallest absolute Gasteiger partial charge is 0.320 e. The zero-order valence-electron chi connectivity index (χ0n) is 12.9. The van der Waals surface area contributed by atoms with E-state index in [1.807, 2.05) is 0 Å². The number of aliphatic hydroxyl groups excluding tert-OH is 1. The van der Waals surface area contributed by atoms with Crippen LogP contribution in [0.25, 0.3) is 0 Å². The summed E-state index contributed by atoms with van der Waals surface area (Å²) in [6, 6.07) is 0. The molecular weight excluding hydrogens is 272 g/mol. The van der Waals surface area contributed by atoms with Crippen LogP contribution >= 0.6 is 0 Å². The zero-order valence-corrected chi connectivity index (χ0v) is 12.9. The fourth-order valence-electron chi connectivity index (χ4n) is 3.07. The monoisotopic (exact) mass is 298 g/mol. The van der Waals surface area contributed by atoms with E-state index in [4.69, 9.17) is 9.47 Å². The SMILES string of the molecule is C=CCC1CCC(O)CC1C(C(=O)OCC)C(=O)OCC. The van der Waals surface area contributed by atoms with E-state index in [0.29, 0.717) is 19.3 Å². The van der Waals surface area contributed by atoms with Crippen LogP contribution in [0.3, 0.4) is 0 Å². The first-order valence-corrected chi connectivity index (χ1v) is 7.67. The Kier molecular flexibility index (Phi) is 7.43. The Morgan fingerprint density at radius 1 is 1.24 bits per heavy atom. The fraction of sp³-hybridized carbons (Fsp3) is 0.750.